The van der Waals surface area contributed by atoms with Crippen LogP contribution in [-0.4, -0.2) is 9.97 Å². The molecule has 0 saturated heterocycles. The molecule has 1 aliphatic heterocycles. The van der Waals surface area contributed by atoms with Crippen LogP contribution in [0.3, 0.4) is 0 Å². The van der Waals surface area contributed by atoms with Gasteiger partial charge in [-0.3, -0.25) is 0 Å². The Labute approximate surface area is 326 Å². The van der Waals surface area contributed by atoms with E-state index >= 15 is 0 Å². The van der Waals surface area contributed by atoms with Crippen molar-refractivity contribution >= 4 is 23.9 Å². The molecule has 0 saturated carbocycles. The van der Waals surface area contributed by atoms with Gasteiger partial charge in [-0.25, -0.2) is 9.97 Å². The van der Waals surface area contributed by atoms with E-state index in [1.165, 1.54) is 65.4 Å². The zero-order valence-corrected chi connectivity index (χ0v) is 31.4. The minimum Gasteiger partial charge on any atom is -0.228 e. The van der Waals surface area contributed by atoms with Crippen molar-refractivity contribution in [2.75, 3.05) is 0 Å². The maximum atomic E-state index is 5.29. The Morgan fingerprint density at radius 1 is 0.400 bits per heavy atom. The van der Waals surface area contributed by atoms with Crippen molar-refractivity contribution in [3.8, 4) is 45.0 Å². The van der Waals surface area contributed by atoms with Crippen LogP contribution in [-0.2, 0) is 10.8 Å². The van der Waals surface area contributed by atoms with Gasteiger partial charge in [-0.1, -0.05) is 177 Å². The van der Waals surface area contributed by atoms with Crippen molar-refractivity contribution in [1.82, 2.24) is 9.97 Å². The summed E-state index contributed by atoms with van der Waals surface area (Å²) < 4.78 is 0. The van der Waals surface area contributed by atoms with Gasteiger partial charge in [-0.15, -0.1) is 0 Å². The normalized spacial score (nSPS) is 16.6. The van der Waals surface area contributed by atoms with Crippen molar-refractivity contribution in [3.63, 3.8) is 0 Å². The van der Waals surface area contributed by atoms with Crippen LogP contribution in [0, 0.1) is 0 Å². The van der Waals surface area contributed by atoms with Gasteiger partial charge in [0.05, 0.1) is 16.8 Å². The average molecular weight is 721 g/mol. The first-order valence-electron chi connectivity index (χ1n) is 19.0. The Balaban J connectivity index is 1.23. The van der Waals surface area contributed by atoms with Crippen LogP contribution in [0.2, 0.25) is 0 Å². The van der Waals surface area contributed by atoms with Crippen LogP contribution in [0.5, 0.6) is 0 Å². The van der Waals surface area contributed by atoms with Crippen molar-refractivity contribution in [3.05, 3.63) is 214 Å². The Bertz CT molecular complexity index is 2810. The summed E-state index contributed by atoms with van der Waals surface area (Å²) in [4.78, 5) is 13.2. The summed E-state index contributed by atoms with van der Waals surface area (Å²) in [6.45, 7) is 4.75. The predicted octanol–water partition coefficient (Wildman–Crippen LogP) is 13.1. The number of fused-ring (bicyclic) bond motifs is 11. The molecule has 7 aromatic carbocycles. The fourth-order valence-corrected chi connectivity index (χ4v) is 10.6. The third-order valence-corrected chi connectivity index (χ3v) is 13.1. The largest absolute Gasteiger partial charge is 0.228 e. The molecule has 3 aliphatic rings. The Morgan fingerprint density at radius 2 is 1.00 bits per heavy atom. The second-order valence-electron chi connectivity index (χ2n) is 15.3. The molecule has 1 atom stereocenters. The van der Waals surface area contributed by atoms with Gasteiger partial charge in [-0.2, -0.15) is 0 Å². The molecule has 2 heterocycles. The summed E-state index contributed by atoms with van der Waals surface area (Å²) in [6, 6.07) is 62.0. The van der Waals surface area contributed by atoms with Gasteiger partial charge in [0, 0.05) is 31.9 Å². The third kappa shape index (κ3) is 4.76. The fourth-order valence-electron chi connectivity index (χ4n) is 9.38. The highest BCUT2D eigenvalue weighted by atomic mass is 32.2. The molecule has 3 heteroatoms. The SMILES string of the molecule is CC1(C)c2ccccc2-c2cc3c(cc21)Sc1ccccc1C31c2ccccc2C=Cc2ccc(-c3nc(-c4ccccc4)cc(-c4ccccc4)n3)cc21. The second-order valence-corrected chi connectivity index (χ2v) is 16.4. The standard InChI is InChI=1S/C52H36N2S/c1-51(2)41-22-12-10-20-38(41)39-30-45-49(31-44(39)51)55-48-24-14-13-23-42(48)52(45)40-21-11-9-15-33(40)25-26-34-27-28-37(29-43(34)52)50-53-46(35-16-5-3-6-17-35)32-47(54-50)36-18-7-4-8-19-36/h3-32H,1-2H3. The molecule has 1 unspecified atom stereocenters. The molecule has 11 rings (SSSR count). The van der Waals surface area contributed by atoms with Crippen LogP contribution >= 0.6 is 11.8 Å². The second kappa shape index (κ2) is 12.1. The van der Waals surface area contributed by atoms with E-state index in [0.29, 0.717) is 5.82 Å². The molecule has 1 spiro atoms. The van der Waals surface area contributed by atoms with E-state index in [9.17, 15) is 0 Å². The highest BCUT2D eigenvalue weighted by Gasteiger charge is 2.48. The topological polar surface area (TPSA) is 25.8 Å². The van der Waals surface area contributed by atoms with Gasteiger partial charge >= 0.3 is 0 Å². The maximum Gasteiger partial charge on any atom is 0.160 e. The first-order chi connectivity index (χ1) is 27.0. The quantitative estimate of drug-likeness (QED) is 0.182. The molecule has 0 N–H and O–H groups in total. The summed E-state index contributed by atoms with van der Waals surface area (Å²) in [6.07, 6.45) is 4.61. The molecule has 0 amide bonds. The number of rotatable bonds is 3. The van der Waals surface area contributed by atoms with Crippen LogP contribution < -0.4 is 0 Å². The fraction of sp³-hybridized carbons (Fsp3) is 0.0769. The van der Waals surface area contributed by atoms with E-state index in [4.69, 9.17) is 9.97 Å². The van der Waals surface area contributed by atoms with Gasteiger partial charge in [0.1, 0.15) is 0 Å². The maximum absolute atomic E-state index is 5.29. The molecular weight excluding hydrogens is 685 g/mol. The summed E-state index contributed by atoms with van der Waals surface area (Å²) in [5.41, 5.74) is 17.2. The summed E-state index contributed by atoms with van der Waals surface area (Å²) in [7, 11) is 0. The average Bonchev–Trinajstić information content (AvgIpc) is 3.36. The smallest absolute Gasteiger partial charge is 0.160 e. The van der Waals surface area contributed by atoms with Crippen LogP contribution in [0.15, 0.2) is 180 Å². The van der Waals surface area contributed by atoms with Crippen LogP contribution in [0.4, 0.5) is 0 Å². The summed E-state index contributed by atoms with van der Waals surface area (Å²) in [5, 5.41) is 0. The van der Waals surface area contributed by atoms with Gasteiger partial charge in [-0.05, 0) is 86.0 Å². The molecule has 1 aromatic heterocycles. The van der Waals surface area contributed by atoms with Crippen molar-refractivity contribution in [2.45, 2.75) is 34.5 Å². The minimum atomic E-state index is -0.612. The number of hydrogen-bond donors (Lipinski definition) is 0. The highest BCUT2D eigenvalue weighted by Crippen LogP contribution is 2.61. The molecule has 0 fully saturated rings. The number of benzene rings is 7. The zero-order chi connectivity index (χ0) is 36.7. The van der Waals surface area contributed by atoms with Gasteiger partial charge in [0.25, 0.3) is 0 Å². The van der Waals surface area contributed by atoms with E-state index in [-0.39, 0.29) is 5.41 Å². The Morgan fingerprint density at radius 3 is 1.73 bits per heavy atom. The molecule has 55 heavy (non-hydrogen) atoms. The monoisotopic (exact) mass is 720 g/mol. The summed E-state index contributed by atoms with van der Waals surface area (Å²) >= 11 is 1.91. The lowest BCUT2D eigenvalue weighted by Crippen LogP contribution is -2.35. The Kier molecular flexibility index (Phi) is 7.08. The molecule has 260 valence electrons. The molecule has 0 bridgehead atoms. The molecule has 2 aliphatic carbocycles. The first-order valence-corrected chi connectivity index (χ1v) is 19.8. The van der Waals surface area contributed by atoms with Gasteiger partial charge in [0.2, 0.25) is 0 Å². The molecule has 0 radical (unpaired) electrons. The lowest BCUT2D eigenvalue weighted by Gasteiger charge is -2.43. The number of hydrogen-bond acceptors (Lipinski definition) is 3. The van der Waals surface area contributed by atoms with E-state index < -0.39 is 5.41 Å². The highest BCUT2D eigenvalue weighted by molar-refractivity contribution is 7.99. The van der Waals surface area contributed by atoms with E-state index in [2.05, 4.69) is 184 Å². The van der Waals surface area contributed by atoms with E-state index in [1.807, 2.05) is 23.9 Å². The van der Waals surface area contributed by atoms with Crippen molar-refractivity contribution in [2.24, 2.45) is 0 Å². The lowest BCUT2D eigenvalue weighted by atomic mass is 9.62. The number of nitrogens with zero attached hydrogens (tertiary/aromatic N) is 2. The van der Waals surface area contributed by atoms with Gasteiger partial charge in [0.15, 0.2) is 5.82 Å². The van der Waals surface area contributed by atoms with E-state index in [0.717, 1.165) is 28.1 Å². The zero-order valence-electron chi connectivity index (χ0n) is 30.6. The van der Waals surface area contributed by atoms with Crippen LogP contribution in [0.25, 0.3) is 57.2 Å². The van der Waals surface area contributed by atoms with Crippen molar-refractivity contribution < 1.29 is 0 Å². The predicted molar refractivity (Wildman–Crippen MR) is 227 cm³/mol. The van der Waals surface area contributed by atoms with Crippen LogP contribution in [0.1, 0.15) is 58.4 Å². The number of aromatic nitrogens is 2. The third-order valence-electron chi connectivity index (χ3n) is 12.0. The van der Waals surface area contributed by atoms with E-state index in [1.54, 1.807) is 0 Å². The van der Waals surface area contributed by atoms with Gasteiger partial charge < -0.3 is 0 Å². The lowest BCUT2D eigenvalue weighted by molar-refractivity contribution is 0.652. The Hall–Kier alpha value is -6.29. The van der Waals surface area contributed by atoms with Crippen molar-refractivity contribution in [1.29, 1.82) is 0 Å². The molecule has 2 nitrogen and oxygen atoms in total. The first kappa shape index (κ1) is 32.2. The molecule has 8 aromatic rings. The minimum absolute atomic E-state index is 0.1000. The summed E-state index contributed by atoms with van der Waals surface area (Å²) in [5.74, 6) is 0.711. The molecular formula is C52H36N2S.